The molecule has 0 aliphatic carbocycles. The maximum Gasteiger partial charge on any atom is 0.353 e. The van der Waals surface area contributed by atoms with Crippen molar-refractivity contribution in [3.05, 3.63) is 0 Å². The highest BCUT2D eigenvalue weighted by atomic mass is 32.7. The van der Waals surface area contributed by atoms with E-state index >= 15 is 0 Å². The van der Waals surface area contributed by atoms with Crippen LogP contribution in [-0.4, -0.2) is 29.6 Å². The molecule has 0 N–H and O–H groups in total. The second kappa shape index (κ2) is 7.69. The molecule has 0 rings (SSSR count). The molecule has 3 nitrogen and oxygen atoms in total. The first-order valence-electron chi connectivity index (χ1n) is 4.68. The van der Waals surface area contributed by atoms with E-state index in [-0.39, 0.29) is 0 Å². The van der Waals surface area contributed by atoms with Gasteiger partial charge < -0.3 is 4.52 Å². The lowest BCUT2D eigenvalue weighted by atomic mass is 10.4. The van der Waals surface area contributed by atoms with Crippen molar-refractivity contribution in [3.8, 4) is 0 Å². The van der Waals surface area contributed by atoms with Crippen molar-refractivity contribution in [3.63, 3.8) is 0 Å². The Morgan fingerprint density at radius 2 is 2.21 bits per heavy atom. The van der Waals surface area contributed by atoms with Crippen molar-refractivity contribution < 1.29 is 9.09 Å². The first kappa shape index (κ1) is 14.4. The minimum Gasteiger partial charge on any atom is -0.306 e. The summed E-state index contributed by atoms with van der Waals surface area (Å²) in [5.41, 5.74) is 1.38. The van der Waals surface area contributed by atoms with Crippen LogP contribution in [0.25, 0.3) is 0 Å². The van der Waals surface area contributed by atoms with Crippen LogP contribution < -0.4 is 0 Å². The van der Waals surface area contributed by atoms with E-state index in [4.69, 9.17) is 16.7 Å². The monoisotopic (exact) mass is 255 g/mol. The van der Waals surface area contributed by atoms with Gasteiger partial charge in [-0.05, 0) is 24.7 Å². The number of hydrogen-bond acceptors (Lipinski definition) is 4. The van der Waals surface area contributed by atoms with E-state index in [0.29, 0.717) is 6.61 Å². The van der Waals surface area contributed by atoms with Crippen LogP contribution in [-0.2, 0) is 9.09 Å². The molecule has 0 aliphatic heterocycles. The van der Waals surface area contributed by atoms with Gasteiger partial charge in [-0.15, -0.1) is 0 Å². The summed E-state index contributed by atoms with van der Waals surface area (Å²) in [5, 5.41) is 0. The zero-order valence-electron chi connectivity index (χ0n) is 8.93. The smallest absolute Gasteiger partial charge is 0.306 e. The fourth-order valence-electron chi connectivity index (χ4n) is 0.765. The third-order valence-electron chi connectivity index (χ3n) is 1.58. The summed E-state index contributed by atoms with van der Waals surface area (Å²) in [5.74, 6) is 0.849. The van der Waals surface area contributed by atoms with Gasteiger partial charge in [0, 0.05) is 12.8 Å². The van der Waals surface area contributed by atoms with Crippen molar-refractivity contribution >= 4 is 35.8 Å². The Labute approximate surface area is 95.8 Å². The van der Waals surface area contributed by atoms with E-state index in [1.807, 2.05) is 6.92 Å². The van der Waals surface area contributed by atoms with E-state index < -0.39 is 6.72 Å². The molecule has 0 aromatic carbocycles. The first-order chi connectivity index (χ1) is 6.60. The average Bonchev–Trinajstić information content (AvgIpc) is 2.17. The number of unbranched alkanes of at least 4 members (excludes halogenated alkanes) is 1. The van der Waals surface area contributed by atoms with Crippen LogP contribution in [0.2, 0.25) is 0 Å². The standard InChI is InChI=1S/C8H18NO2PS2/c1-4-6-7-14-12(10,11-5-2)9(3)8-13/h8H,4-7H2,1-3H3. The molecule has 0 aromatic rings. The lowest BCUT2D eigenvalue weighted by molar-refractivity contribution is 0.325. The molecule has 0 heterocycles. The van der Waals surface area contributed by atoms with E-state index in [2.05, 4.69) is 6.92 Å². The lowest BCUT2D eigenvalue weighted by Gasteiger charge is -2.24. The molecule has 0 spiro atoms. The zero-order chi connectivity index (χ0) is 11.0. The highest BCUT2D eigenvalue weighted by Crippen LogP contribution is 2.61. The van der Waals surface area contributed by atoms with Gasteiger partial charge in [0.05, 0.1) is 12.1 Å². The maximum absolute atomic E-state index is 12.2. The Bertz CT molecular complexity index is 214. The third-order valence-corrected chi connectivity index (χ3v) is 6.94. The molecular formula is C8H18NO2PS2. The fourth-order valence-corrected chi connectivity index (χ4v) is 5.15. The third kappa shape index (κ3) is 4.78. The van der Waals surface area contributed by atoms with Gasteiger partial charge in [-0.2, -0.15) is 0 Å². The summed E-state index contributed by atoms with van der Waals surface area (Å²) in [6, 6.07) is 0. The van der Waals surface area contributed by atoms with E-state index in [0.717, 1.165) is 18.6 Å². The molecule has 0 aliphatic rings. The van der Waals surface area contributed by atoms with Gasteiger partial charge >= 0.3 is 6.72 Å². The van der Waals surface area contributed by atoms with Gasteiger partial charge in [0.25, 0.3) is 0 Å². The lowest BCUT2D eigenvalue weighted by Crippen LogP contribution is -2.11. The first-order valence-corrected chi connectivity index (χ1v) is 8.32. The summed E-state index contributed by atoms with van der Waals surface area (Å²) in [7, 11) is 1.70. The van der Waals surface area contributed by atoms with E-state index in [1.54, 1.807) is 7.05 Å². The van der Waals surface area contributed by atoms with Gasteiger partial charge in [-0.1, -0.05) is 25.6 Å². The van der Waals surface area contributed by atoms with E-state index in [9.17, 15) is 4.57 Å². The van der Waals surface area contributed by atoms with Crippen LogP contribution in [0.15, 0.2) is 0 Å². The Hall–Kier alpha value is 0.430. The van der Waals surface area contributed by atoms with Crippen LogP contribution in [0.5, 0.6) is 0 Å². The van der Waals surface area contributed by atoms with Crippen molar-refractivity contribution in [2.24, 2.45) is 0 Å². The van der Waals surface area contributed by atoms with Gasteiger partial charge in [0.15, 0.2) is 0 Å². The van der Waals surface area contributed by atoms with Crippen LogP contribution in [0.4, 0.5) is 0 Å². The highest BCUT2D eigenvalue weighted by Gasteiger charge is 2.27. The molecule has 0 fully saturated rings. The molecule has 0 saturated carbocycles. The fraction of sp³-hybridized carbons (Fsp3) is 0.875. The van der Waals surface area contributed by atoms with Crippen molar-refractivity contribution in [2.45, 2.75) is 26.7 Å². The SMILES string of the molecule is CCCCSP(=O)(OCC)N(C)C=S. The average molecular weight is 255 g/mol. The van der Waals surface area contributed by atoms with Crippen molar-refractivity contribution in [2.75, 3.05) is 19.4 Å². The number of hydrogen-bond donors (Lipinski definition) is 0. The van der Waals surface area contributed by atoms with Crippen LogP contribution >= 0.6 is 30.3 Å². The molecule has 6 heteroatoms. The molecule has 1 unspecified atom stereocenters. The molecule has 84 valence electrons. The molecular weight excluding hydrogens is 237 g/mol. The van der Waals surface area contributed by atoms with Crippen LogP contribution in [0.3, 0.4) is 0 Å². The predicted octanol–water partition coefficient (Wildman–Crippen LogP) is 3.55. The van der Waals surface area contributed by atoms with Crippen LogP contribution in [0.1, 0.15) is 26.7 Å². The molecule has 0 bridgehead atoms. The van der Waals surface area contributed by atoms with Crippen molar-refractivity contribution in [1.29, 1.82) is 0 Å². The molecule has 0 aromatic heterocycles. The second-order valence-electron chi connectivity index (χ2n) is 2.75. The second-order valence-corrected chi connectivity index (χ2v) is 7.61. The zero-order valence-corrected chi connectivity index (χ0v) is 11.5. The molecule has 0 saturated heterocycles. The summed E-state index contributed by atoms with van der Waals surface area (Å²) in [6.07, 6.45) is 2.15. The Kier molecular flexibility index (Phi) is 7.92. The molecule has 14 heavy (non-hydrogen) atoms. The van der Waals surface area contributed by atoms with Crippen LogP contribution in [0, 0.1) is 0 Å². The molecule has 0 amide bonds. The highest BCUT2D eigenvalue weighted by molar-refractivity contribution is 8.56. The number of thiocarbonyl (C=S) groups is 1. The predicted molar refractivity (Wildman–Crippen MR) is 68.0 cm³/mol. The molecule has 0 radical (unpaired) electrons. The normalized spacial score (nSPS) is 14.8. The van der Waals surface area contributed by atoms with Gasteiger partial charge in [0.1, 0.15) is 0 Å². The largest absolute Gasteiger partial charge is 0.353 e. The summed E-state index contributed by atoms with van der Waals surface area (Å²) < 4.78 is 19.0. The van der Waals surface area contributed by atoms with Gasteiger partial charge in [-0.3, -0.25) is 9.24 Å². The minimum atomic E-state index is -2.75. The maximum atomic E-state index is 12.2. The Balaban J connectivity index is 4.24. The Morgan fingerprint density at radius 3 is 2.64 bits per heavy atom. The quantitative estimate of drug-likeness (QED) is 0.376. The van der Waals surface area contributed by atoms with Gasteiger partial charge in [-0.25, -0.2) is 0 Å². The topological polar surface area (TPSA) is 29.5 Å². The summed E-state index contributed by atoms with van der Waals surface area (Å²) >= 11 is 6.12. The summed E-state index contributed by atoms with van der Waals surface area (Å²) in [4.78, 5) is 0. The number of nitrogens with zero attached hydrogens (tertiary/aromatic N) is 1. The minimum absolute atomic E-state index is 0.448. The van der Waals surface area contributed by atoms with Gasteiger partial charge in [0.2, 0.25) is 0 Å². The Morgan fingerprint density at radius 1 is 1.57 bits per heavy atom. The van der Waals surface area contributed by atoms with Crippen molar-refractivity contribution in [1.82, 2.24) is 4.67 Å². The molecule has 1 atom stereocenters. The number of rotatable bonds is 8. The van der Waals surface area contributed by atoms with E-state index in [1.165, 1.54) is 21.5 Å². The summed E-state index contributed by atoms with van der Waals surface area (Å²) in [6.45, 7) is 1.64.